The van der Waals surface area contributed by atoms with Gasteiger partial charge in [-0.15, -0.1) is 11.3 Å². The summed E-state index contributed by atoms with van der Waals surface area (Å²) in [5.74, 6) is 1.26. The number of carbonyl (C=O) groups is 1. The van der Waals surface area contributed by atoms with Crippen molar-refractivity contribution in [1.29, 1.82) is 0 Å². The largest absolute Gasteiger partial charge is 0.477 e. The molecule has 0 saturated heterocycles. The first-order valence-corrected chi connectivity index (χ1v) is 8.07. The smallest absolute Gasteiger partial charge is 0.347 e. The van der Waals surface area contributed by atoms with Crippen LogP contribution >= 0.6 is 11.3 Å². The van der Waals surface area contributed by atoms with E-state index in [2.05, 4.69) is 18.8 Å². The van der Waals surface area contributed by atoms with E-state index in [1.165, 1.54) is 37.0 Å². The molecule has 0 spiro atoms. The maximum atomic E-state index is 11.2. The molecule has 1 N–H and O–H groups in total. The molecule has 1 fully saturated rings. The summed E-state index contributed by atoms with van der Waals surface area (Å²) in [7, 11) is 0. The molecule has 1 saturated carbocycles. The number of nitrogens with zero attached hydrogens (tertiary/aromatic N) is 1. The van der Waals surface area contributed by atoms with Gasteiger partial charge in [-0.05, 0) is 43.9 Å². The quantitative estimate of drug-likeness (QED) is 0.893. The van der Waals surface area contributed by atoms with Crippen molar-refractivity contribution in [2.75, 3.05) is 0 Å². The first-order chi connectivity index (χ1) is 9.02. The highest BCUT2D eigenvalue weighted by molar-refractivity contribution is 7.13. The van der Waals surface area contributed by atoms with Gasteiger partial charge in [0, 0.05) is 5.92 Å². The third-order valence-electron chi connectivity index (χ3n) is 4.31. The topological polar surface area (TPSA) is 50.2 Å². The van der Waals surface area contributed by atoms with Gasteiger partial charge >= 0.3 is 5.97 Å². The van der Waals surface area contributed by atoms with E-state index in [4.69, 9.17) is 0 Å². The van der Waals surface area contributed by atoms with Gasteiger partial charge in [-0.3, -0.25) is 0 Å². The van der Waals surface area contributed by atoms with Crippen LogP contribution < -0.4 is 0 Å². The van der Waals surface area contributed by atoms with Crippen molar-refractivity contribution < 1.29 is 9.90 Å². The van der Waals surface area contributed by atoms with Gasteiger partial charge in [0.05, 0.1) is 10.7 Å². The van der Waals surface area contributed by atoms with Crippen molar-refractivity contribution in [3.8, 4) is 0 Å². The fraction of sp³-hybridized carbons (Fsp3) is 0.733. The number of carboxylic acid groups (broad SMARTS) is 1. The minimum atomic E-state index is -0.823. The molecule has 0 aromatic carbocycles. The summed E-state index contributed by atoms with van der Waals surface area (Å²) < 4.78 is 0. The lowest BCUT2D eigenvalue weighted by atomic mass is 9.77. The Hall–Kier alpha value is -0.900. The molecule has 0 unspecified atom stereocenters. The van der Waals surface area contributed by atoms with Crippen LogP contribution in [0.15, 0.2) is 0 Å². The first-order valence-electron chi connectivity index (χ1n) is 7.25. The van der Waals surface area contributed by atoms with Crippen LogP contribution in [0.1, 0.15) is 72.7 Å². The summed E-state index contributed by atoms with van der Waals surface area (Å²) in [6.45, 7) is 6.57. The van der Waals surface area contributed by atoms with Crippen LogP contribution in [-0.2, 0) is 6.42 Å². The summed E-state index contributed by atoms with van der Waals surface area (Å²) in [6.07, 6.45) is 5.55. The molecule has 3 nitrogen and oxygen atoms in total. The second-order valence-electron chi connectivity index (χ2n) is 5.84. The number of hydrogen-bond donors (Lipinski definition) is 1. The molecular weight excluding hydrogens is 258 g/mol. The van der Waals surface area contributed by atoms with Crippen LogP contribution in [0.5, 0.6) is 0 Å². The van der Waals surface area contributed by atoms with Crippen LogP contribution in [0.2, 0.25) is 0 Å². The Kier molecular flexibility index (Phi) is 4.61. The van der Waals surface area contributed by atoms with E-state index in [1.54, 1.807) is 0 Å². The summed E-state index contributed by atoms with van der Waals surface area (Å²) in [6, 6.07) is 0. The summed E-state index contributed by atoms with van der Waals surface area (Å²) in [5.41, 5.74) is 0.762. The fourth-order valence-corrected chi connectivity index (χ4v) is 4.15. The van der Waals surface area contributed by atoms with Crippen molar-refractivity contribution in [2.45, 2.75) is 58.8 Å². The number of carboxylic acids is 1. The Morgan fingerprint density at radius 1 is 1.37 bits per heavy atom. The van der Waals surface area contributed by atoms with Gasteiger partial charge in [-0.25, -0.2) is 9.78 Å². The number of thiazole rings is 1. The zero-order chi connectivity index (χ0) is 14.0. The molecule has 106 valence electrons. The molecule has 0 amide bonds. The molecule has 1 aliphatic carbocycles. The monoisotopic (exact) mass is 281 g/mol. The Labute approximate surface area is 119 Å². The van der Waals surface area contributed by atoms with Crippen LogP contribution in [0.4, 0.5) is 0 Å². The van der Waals surface area contributed by atoms with E-state index in [9.17, 15) is 9.90 Å². The number of aromatic nitrogens is 1. The van der Waals surface area contributed by atoms with Gasteiger partial charge in [0.1, 0.15) is 4.88 Å². The molecule has 0 radical (unpaired) electrons. The van der Waals surface area contributed by atoms with E-state index in [0.717, 1.165) is 22.5 Å². The van der Waals surface area contributed by atoms with Gasteiger partial charge in [0.2, 0.25) is 0 Å². The maximum Gasteiger partial charge on any atom is 0.347 e. The van der Waals surface area contributed by atoms with E-state index >= 15 is 0 Å². The normalized spacial score (nSPS) is 23.8. The molecule has 4 heteroatoms. The molecular formula is C15H23NO2S. The van der Waals surface area contributed by atoms with Gasteiger partial charge in [-0.2, -0.15) is 0 Å². The molecule has 0 bridgehead atoms. The lowest BCUT2D eigenvalue weighted by molar-refractivity contribution is 0.0701. The molecule has 0 atom stereocenters. The van der Waals surface area contributed by atoms with E-state index in [0.29, 0.717) is 17.2 Å². The minimum Gasteiger partial charge on any atom is -0.477 e. The predicted molar refractivity (Wildman–Crippen MR) is 78.0 cm³/mol. The van der Waals surface area contributed by atoms with Crippen molar-refractivity contribution >= 4 is 17.3 Å². The van der Waals surface area contributed by atoms with Gasteiger partial charge in [0.25, 0.3) is 0 Å². The molecule has 0 aliphatic heterocycles. The van der Waals surface area contributed by atoms with Crippen molar-refractivity contribution in [1.82, 2.24) is 4.98 Å². The van der Waals surface area contributed by atoms with E-state index in [1.807, 2.05) is 6.92 Å². The average molecular weight is 281 g/mol. The van der Waals surface area contributed by atoms with E-state index in [-0.39, 0.29) is 0 Å². The second kappa shape index (κ2) is 6.04. The highest BCUT2D eigenvalue weighted by Crippen LogP contribution is 2.40. The third kappa shape index (κ3) is 3.16. The second-order valence-corrected chi connectivity index (χ2v) is 6.87. The van der Waals surface area contributed by atoms with E-state index < -0.39 is 5.97 Å². The van der Waals surface area contributed by atoms with Gasteiger partial charge in [-0.1, -0.05) is 20.8 Å². The minimum absolute atomic E-state index is 0.448. The highest BCUT2D eigenvalue weighted by Gasteiger charge is 2.27. The van der Waals surface area contributed by atoms with Gasteiger partial charge in [0.15, 0.2) is 0 Å². The van der Waals surface area contributed by atoms with Crippen LogP contribution in [-0.4, -0.2) is 16.1 Å². The van der Waals surface area contributed by atoms with Crippen molar-refractivity contribution in [2.24, 2.45) is 11.8 Å². The lowest BCUT2D eigenvalue weighted by Crippen LogP contribution is -2.17. The zero-order valence-corrected chi connectivity index (χ0v) is 12.8. The number of aromatic carboxylic acids is 1. The Morgan fingerprint density at radius 3 is 2.42 bits per heavy atom. The highest BCUT2D eigenvalue weighted by atomic mass is 32.1. The molecule has 19 heavy (non-hydrogen) atoms. The number of hydrogen-bond acceptors (Lipinski definition) is 3. The zero-order valence-electron chi connectivity index (χ0n) is 12.0. The van der Waals surface area contributed by atoms with Gasteiger partial charge < -0.3 is 5.11 Å². The Balaban J connectivity index is 2.09. The summed E-state index contributed by atoms with van der Waals surface area (Å²) in [4.78, 5) is 16.2. The average Bonchev–Trinajstić information content (AvgIpc) is 2.83. The SMILES string of the molecule is CCc1nc(C2CCC(C(C)C)CC2)sc1C(=O)O. The fourth-order valence-electron chi connectivity index (χ4n) is 2.98. The Morgan fingerprint density at radius 2 is 2.00 bits per heavy atom. The number of aryl methyl sites for hydroxylation is 1. The van der Waals surface area contributed by atoms with Crippen LogP contribution in [0.25, 0.3) is 0 Å². The maximum absolute atomic E-state index is 11.2. The molecule has 1 aromatic heterocycles. The molecule has 1 aliphatic rings. The Bertz CT molecular complexity index is 445. The molecule has 1 aromatic rings. The molecule has 2 rings (SSSR count). The van der Waals surface area contributed by atoms with Crippen LogP contribution in [0, 0.1) is 11.8 Å². The first kappa shape index (κ1) is 14.5. The third-order valence-corrected chi connectivity index (χ3v) is 5.56. The molecule has 1 heterocycles. The van der Waals surface area contributed by atoms with Crippen LogP contribution in [0.3, 0.4) is 0 Å². The summed E-state index contributed by atoms with van der Waals surface area (Å²) >= 11 is 1.40. The number of rotatable bonds is 4. The standard InChI is InChI=1S/C15H23NO2S/c1-4-12-13(15(17)18)19-14(16-12)11-7-5-10(6-8-11)9(2)3/h9-11H,4-8H2,1-3H3,(H,17,18). The van der Waals surface area contributed by atoms with Crippen molar-refractivity contribution in [3.05, 3.63) is 15.6 Å². The predicted octanol–water partition coefficient (Wildman–Crippen LogP) is 4.33. The lowest BCUT2D eigenvalue weighted by Gasteiger charge is -2.29. The van der Waals surface area contributed by atoms with Crippen molar-refractivity contribution in [3.63, 3.8) is 0 Å². The summed E-state index contributed by atoms with van der Waals surface area (Å²) in [5, 5.41) is 10.2.